The lowest BCUT2D eigenvalue weighted by Gasteiger charge is -2.19. The summed E-state index contributed by atoms with van der Waals surface area (Å²) in [4.78, 5) is 26.1. The van der Waals surface area contributed by atoms with Crippen molar-refractivity contribution in [2.45, 2.75) is 6.42 Å². The summed E-state index contributed by atoms with van der Waals surface area (Å²) in [7, 11) is 1.50. The van der Waals surface area contributed by atoms with Gasteiger partial charge in [-0.25, -0.2) is 8.78 Å². The third-order valence-corrected chi connectivity index (χ3v) is 4.00. The number of ether oxygens (including phenoxy) is 1. The Hall–Kier alpha value is -2.96. The Morgan fingerprint density at radius 3 is 2.56 bits per heavy atom. The lowest BCUT2D eigenvalue weighted by atomic mass is 10.1. The highest BCUT2D eigenvalue weighted by Crippen LogP contribution is 2.33. The molecule has 1 unspecified atom stereocenters. The van der Waals surface area contributed by atoms with Gasteiger partial charge >= 0.3 is 0 Å². The van der Waals surface area contributed by atoms with Crippen LogP contribution in [-0.2, 0) is 9.59 Å². The first kappa shape index (κ1) is 16.9. The molecule has 2 amide bonds. The van der Waals surface area contributed by atoms with E-state index in [1.807, 2.05) is 0 Å². The van der Waals surface area contributed by atoms with Gasteiger partial charge < -0.3 is 15.0 Å². The summed E-state index contributed by atoms with van der Waals surface area (Å²) >= 11 is 0. The fourth-order valence-corrected chi connectivity index (χ4v) is 2.84. The van der Waals surface area contributed by atoms with Crippen LogP contribution in [0.2, 0.25) is 0 Å². The number of hydrogen-bond acceptors (Lipinski definition) is 3. The smallest absolute Gasteiger partial charge is 0.229 e. The largest absolute Gasteiger partial charge is 0.495 e. The fourth-order valence-electron chi connectivity index (χ4n) is 2.84. The second-order valence-corrected chi connectivity index (χ2v) is 5.72. The highest BCUT2D eigenvalue weighted by molar-refractivity contribution is 6.04. The first-order valence-electron chi connectivity index (χ1n) is 7.68. The molecular formula is C18H16F2N2O3. The van der Waals surface area contributed by atoms with Crippen LogP contribution in [0.1, 0.15) is 6.42 Å². The van der Waals surface area contributed by atoms with Gasteiger partial charge in [0.15, 0.2) is 0 Å². The number of benzene rings is 2. The molecule has 2 aromatic rings. The molecule has 7 heteroatoms. The molecule has 0 aliphatic carbocycles. The van der Waals surface area contributed by atoms with E-state index in [0.717, 1.165) is 18.2 Å². The quantitative estimate of drug-likeness (QED) is 0.926. The van der Waals surface area contributed by atoms with Crippen molar-refractivity contribution in [3.8, 4) is 5.75 Å². The van der Waals surface area contributed by atoms with Gasteiger partial charge in [0.2, 0.25) is 11.8 Å². The third kappa shape index (κ3) is 3.60. The summed E-state index contributed by atoms with van der Waals surface area (Å²) in [6.07, 6.45) is 0.0156. The highest BCUT2D eigenvalue weighted by atomic mass is 19.1. The first-order chi connectivity index (χ1) is 12.0. The normalized spacial score (nSPS) is 16.8. The lowest BCUT2D eigenvalue weighted by Crippen LogP contribution is -2.28. The molecule has 1 atom stereocenters. The van der Waals surface area contributed by atoms with Crippen LogP contribution in [-0.4, -0.2) is 25.5 Å². The number of carbonyl (C=O) groups excluding carboxylic acids is 2. The van der Waals surface area contributed by atoms with Gasteiger partial charge in [-0.05, 0) is 24.3 Å². The number of carbonyl (C=O) groups is 2. The van der Waals surface area contributed by atoms with E-state index in [1.54, 1.807) is 24.3 Å². The predicted octanol–water partition coefficient (Wildman–Crippen LogP) is 2.97. The maximum atomic E-state index is 13.2. The van der Waals surface area contributed by atoms with E-state index in [4.69, 9.17) is 4.74 Å². The number of nitrogens with one attached hydrogen (secondary N) is 1. The Kier molecular flexibility index (Phi) is 4.65. The SMILES string of the molecule is COc1ccccc1N1CC(C(=O)Nc2cc(F)cc(F)c2)CC1=O. The van der Waals surface area contributed by atoms with Crippen molar-refractivity contribution in [3.05, 3.63) is 54.1 Å². The minimum Gasteiger partial charge on any atom is -0.495 e. The Balaban J connectivity index is 1.74. The van der Waals surface area contributed by atoms with Crippen LogP contribution in [0.25, 0.3) is 0 Å². The van der Waals surface area contributed by atoms with Crippen molar-refractivity contribution in [2.75, 3.05) is 23.9 Å². The highest BCUT2D eigenvalue weighted by Gasteiger charge is 2.36. The topological polar surface area (TPSA) is 58.6 Å². The molecule has 1 fully saturated rings. The van der Waals surface area contributed by atoms with Gasteiger partial charge in [-0.3, -0.25) is 9.59 Å². The molecule has 1 aliphatic rings. The molecule has 3 rings (SSSR count). The number of para-hydroxylation sites is 2. The molecule has 5 nitrogen and oxygen atoms in total. The van der Waals surface area contributed by atoms with E-state index in [2.05, 4.69) is 5.32 Å². The van der Waals surface area contributed by atoms with Gasteiger partial charge in [0.25, 0.3) is 0 Å². The van der Waals surface area contributed by atoms with Crippen LogP contribution in [0.4, 0.5) is 20.2 Å². The van der Waals surface area contributed by atoms with Gasteiger partial charge in [0.05, 0.1) is 18.7 Å². The van der Waals surface area contributed by atoms with Crippen LogP contribution >= 0.6 is 0 Å². The number of halogens is 2. The standard InChI is InChI=1S/C18H16F2N2O3/c1-25-16-5-3-2-4-15(16)22-10-11(6-17(22)23)18(24)21-14-8-12(19)7-13(20)9-14/h2-5,7-9,11H,6,10H2,1H3,(H,21,24). The van der Waals surface area contributed by atoms with Crippen molar-refractivity contribution < 1.29 is 23.1 Å². The number of nitrogens with zero attached hydrogens (tertiary/aromatic N) is 1. The van der Waals surface area contributed by atoms with Gasteiger partial charge in [-0.15, -0.1) is 0 Å². The number of amides is 2. The fraction of sp³-hybridized carbons (Fsp3) is 0.222. The van der Waals surface area contributed by atoms with E-state index < -0.39 is 23.5 Å². The third-order valence-electron chi connectivity index (χ3n) is 4.00. The Labute approximate surface area is 143 Å². The summed E-state index contributed by atoms with van der Waals surface area (Å²) in [6.45, 7) is 0.169. The van der Waals surface area contributed by atoms with Crippen LogP contribution in [0, 0.1) is 17.6 Å². The molecular weight excluding hydrogens is 330 g/mol. The van der Waals surface area contributed by atoms with E-state index in [1.165, 1.54) is 12.0 Å². The molecule has 2 aromatic carbocycles. The van der Waals surface area contributed by atoms with Crippen molar-refractivity contribution in [2.24, 2.45) is 5.92 Å². The maximum Gasteiger partial charge on any atom is 0.229 e. The van der Waals surface area contributed by atoms with Crippen molar-refractivity contribution in [3.63, 3.8) is 0 Å². The van der Waals surface area contributed by atoms with Gasteiger partial charge in [0.1, 0.15) is 17.4 Å². The van der Waals surface area contributed by atoms with Crippen molar-refractivity contribution >= 4 is 23.2 Å². The van der Waals surface area contributed by atoms with E-state index in [0.29, 0.717) is 11.4 Å². The summed E-state index contributed by atoms with van der Waals surface area (Å²) in [5.74, 6) is -2.33. The molecule has 0 saturated carbocycles. The maximum absolute atomic E-state index is 13.2. The zero-order valence-corrected chi connectivity index (χ0v) is 13.5. The molecule has 1 saturated heterocycles. The minimum atomic E-state index is -0.784. The zero-order chi connectivity index (χ0) is 18.0. The second-order valence-electron chi connectivity index (χ2n) is 5.72. The molecule has 0 spiro atoms. The Morgan fingerprint density at radius 2 is 1.88 bits per heavy atom. The average Bonchev–Trinajstić information content (AvgIpc) is 2.95. The molecule has 130 valence electrons. The number of hydrogen-bond donors (Lipinski definition) is 1. The Morgan fingerprint density at radius 1 is 1.20 bits per heavy atom. The number of methoxy groups -OCH3 is 1. The average molecular weight is 346 g/mol. The lowest BCUT2D eigenvalue weighted by molar-refractivity contribution is -0.122. The van der Waals surface area contributed by atoms with Crippen LogP contribution < -0.4 is 15.0 Å². The van der Waals surface area contributed by atoms with Crippen LogP contribution in [0.5, 0.6) is 5.75 Å². The Bertz CT molecular complexity index is 805. The summed E-state index contributed by atoms with van der Waals surface area (Å²) < 4.78 is 31.7. The minimum absolute atomic E-state index is 0.0156. The van der Waals surface area contributed by atoms with Crippen LogP contribution in [0.15, 0.2) is 42.5 Å². The van der Waals surface area contributed by atoms with E-state index in [9.17, 15) is 18.4 Å². The summed E-state index contributed by atoms with van der Waals surface area (Å²) in [5, 5.41) is 2.46. The van der Waals surface area contributed by atoms with Crippen LogP contribution in [0.3, 0.4) is 0 Å². The number of rotatable bonds is 4. The van der Waals surface area contributed by atoms with Crippen molar-refractivity contribution in [1.82, 2.24) is 0 Å². The number of anilines is 2. The van der Waals surface area contributed by atoms with Gasteiger partial charge in [0, 0.05) is 24.7 Å². The molecule has 0 bridgehead atoms. The molecule has 25 heavy (non-hydrogen) atoms. The van der Waals surface area contributed by atoms with E-state index in [-0.39, 0.29) is 24.6 Å². The monoisotopic (exact) mass is 346 g/mol. The zero-order valence-electron chi connectivity index (χ0n) is 13.5. The summed E-state index contributed by atoms with van der Waals surface area (Å²) in [6, 6.07) is 9.79. The second kappa shape index (κ2) is 6.88. The molecule has 1 N–H and O–H groups in total. The van der Waals surface area contributed by atoms with E-state index >= 15 is 0 Å². The molecule has 1 heterocycles. The molecule has 0 radical (unpaired) electrons. The van der Waals surface area contributed by atoms with Gasteiger partial charge in [-0.2, -0.15) is 0 Å². The first-order valence-corrected chi connectivity index (χ1v) is 7.68. The summed E-state index contributed by atoms with van der Waals surface area (Å²) in [5.41, 5.74) is 0.604. The molecule has 0 aromatic heterocycles. The molecule has 1 aliphatic heterocycles. The van der Waals surface area contributed by atoms with Crippen molar-refractivity contribution in [1.29, 1.82) is 0 Å². The predicted molar refractivity (Wildman–Crippen MR) is 88.4 cm³/mol. The van der Waals surface area contributed by atoms with Gasteiger partial charge in [-0.1, -0.05) is 12.1 Å².